The van der Waals surface area contributed by atoms with Crippen molar-refractivity contribution in [3.63, 3.8) is 0 Å². The van der Waals surface area contributed by atoms with Crippen LogP contribution in [0.5, 0.6) is 0 Å². The molecule has 10 nitrogen and oxygen atoms in total. The molecule has 0 radical (unpaired) electrons. The maximum Gasteiger partial charge on any atom is 0.407 e. The zero-order valence-corrected chi connectivity index (χ0v) is 18.4. The van der Waals surface area contributed by atoms with E-state index in [0.29, 0.717) is 31.6 Å². The van der Waals surface area contributed by atoms with E-state index in [1.54, 1.807) is 34.6 Å². The van der Waals surface area contributed by atoms with Gasteiger partial charge < -0.3 is 19.9 Å². The molecule has 2 heterocycles. The molecular weight excluding hydrogens is 400 g/mol. The fourth-order valence-corrected chi connectivity index (χ4v) is 4.87. The predicted octanol–water partition coefficient (Wildman–Crippen LogP) is 1.48. The Hall–Kier alpha value is -2.14. The van der Waals surface area contributed by atoms with E-state index in [9.17, 15) is 18.0 Å². The Morgan fingerprint density at radius 1 is 1.24 bits per heavy atom. The van der Waals surface area contributed by atoms with Gasteiger partial charge in [0.1, 0.15) is 16.2 Å². The van der Waals surface area contributed by atoms with E-state index in [2.05, 4.69) is 15.8 Å². The maximum absolute atomic E-state index is 12.8. The first kappa shape index (κ1) is 23.1. The zero-order valence-electron chi connectivity index (χ0n) is 17.6. The first-order valence-corrected chi connectivity index (χ1v) is 11.0. The van der Waals surface area contributed by atoms with Gasteiger partial charge in [0, 0.05) is 32.1 Å². The summed E-state index contributed by atoms with van der Waals surface area (Å²) >= 11 is 0. The van der Waals surface area contributed by atoms with E-state index in [1.165, 1.54) is 4.31 Å². The molecule has 0 spiro atoms. The van der Waals surface area contributed by atoms with Crippen LogP contribution in [-0.2, 0) is 19.6 Å². The molecule has 2 amide bonds. The number of rotatable bonds is 6. The Morgan fingerprint density at radius 3 is 2.38 bits per heavy atom. The molecule has 1 saturated heterocycles. The molecule has 1 aromatic rings. The number of nitrogens with one attached hydrogen (secondary N) is 2. The van der Waals surface area contributed by atoms with Crippen LogP contribution in [0.25, 0.3) is 0 Å². The number of aryl methyl sites for hydroxylation is 2. The number of hydrogen-bond acceptors (Lipinski definition) is 7. The van der Waals surface area contributed by atoms with Gasteiger partial charge >= 0.3 is 6.09 Å². The average Bonchev–Trinajstić information content (AvgIpc) is 2.93. The monoisotopic (exact) mass is 430 g/mol. The predicted molar refractivity (Wildman–Crippen MR) is 105 cm³/mol. The Kier molecular flexibility index (Phi) is 7.28. The van der Waals surface area contributed by atoms with Crippen LogP contribution < -0.4 is 10.6 Å². The largest absolute Gasteiger partial charge is 0.444 e. The topological polar surface area (TPSA) is 131 Å². The highest BCUT2D eigenvalue weighted by atomic mass is 32.2. The molecular formula is C18H30N4O6S. The van der Waals surface area contributed by atoms with Crippen molar-refractivity contribution in [1.82, 2.24) is 20.1 Å². The van der Waals surface area contributed by atoms with Gasteiger partial charge in [0.05, 0.1) is 0 Å². The molecule has 1 aliphatic heterocycles. The highest BCUT2D eigenvalue weighted by molar-refractivity contribution is 7.89. The molecule has 0 atom stereocenters. The van der Waals surface area contributed by atoms with Gasteiger partial charge in [-0.3, -0.25) is 4.79 Å². The van der Waals surface area contributed by atoms with Crippen molar-refractivity contribution in [2.45, 2.75) is 70.4 Å². The number of carbonyl (C=O) groups is 2. The fourth-order valence-electron chi connectivity index (χ4n) is 3.10. The second-order valence-corrected chi connectivity index (χ2v) is 9.95. The molecule has 29 heavy (non-hydrogen) atoms. The highest BCUT2D eigenvalue weighted by Gasteiger charge is 2.34. The summed E-state index contributed by atoms with van der Waals surface area (Å²) in [4.78, 5) is 23.8. The van der Waals surface area contributed by atoms with E-state index in [4.69, 9.17) is 9.26 Å². The van der Waals surface area contributed by atoms with Crippen molar-refractivity contribution in [1.29, 1.82) is 0 Å². The van der Waals surface area contributed by atoms with Gasteiger partial charge in [0.15, 0.2) is 5.76 Å². The summed E-state index contributed by atoms with van der Waals surface area (Å²) in [7, 11) is -3.67. The normalized spacial score (nSPS) is 16.4. The highest BCUT2D eigenvalue weighted by Crippen LogP contribution is 2.25. The smallest absolute Gasteiger partial charge is 0.407 e. The minimum atomic E-state index is -3.67. The van der Waals surface area contributed by atoms with Crippen molar-refractivity contribution < 1.29 is 27.3 Å². The number of hydrogen-bond donors (Lipinski definition) is 2. The van der Waals surface area contributed by atoms with Gasteiger partial charge in [-0.2, -0.15) is 4.31 Å². The third-order valence-electron chi connectivity index (χ3n) is 4.41. The lowest BCUT2D eigenvalue weighted by Gasteiger charge is -2.31. The average molecular weight is 431 g/mol. The Balaban J connectivity index is 1.77. The number of piperidine rings is 1. The van der Waals surface area contributed by atoms with Crippen molar-refractivity contribution in [2.75, 3.05) is 19.6 Å². The standard InChI is InChI=1S/C18H30N4O6S/c1-12-16(13(2)28-21-12)29(25,26)22-10-7-14(8-11-22)20-15(23)6-9-19-17(24)27-18(3,4)5/h14H,6-11H2,1-5H3,(H,19,24)(H,20,23). The van der Waals surface area contributed by atoms with Gasteiger partial charge in [0.25, 0.3) is 0 Å². The van der Waals surface area contributed by atoms with Gasteiger partial charge in [-0.05, 0) is 47.5 Å². The molecule has 1 fully saturated rings. The molecule has 2 N–H and O–H groups in total. The van der Waals surface area contributed by atoms with Crippen molar-refractivity contribution >= 4 is 22.0 Å². The van der Waals surface area contributed by atoms with Crippen molar-refractivity contribution in [3.8, 4) is 0 Å². The minimum absolute atomic E-state index is 0.111. The fraction of sp³-hybridized carbons (Fsp3) is 0.722. The molecule has 2 rings (SSSR count). The number of ether oxygens (including phenoxy) is 1. The first-order valence-electron chi connectivity index (χ1n) is 9.59. The van der Waals surface area contributed by atoms with Crippen LogP contribution in [0.3, 0.4) is 0 Å². The SMILES string of the molecule is Cc1noc(C)c1S(=O)(=O)N1CCC(NC(=O)CCNC(=O)OC(C)(C)C)CC1. The summed E-state index contributed by atoms with van der Waals surface area (Å²) in [6.45, 7) is 9.22. The molecule has 0 aromatic carbocycles. The molecule has 0 bridgehead atoms. The van der Waals surface area contributed by atoms with E-state index in [0.717, 1.165) is 0 Å². The summed E-state index contributed by atoms with van der Waals surface area (Å²) in [5.41, 5.74) is -0.250. The van der Waals surface area contributed by atoms with Crippen LogP contribution in [0.2, 0.25) is 0 Å². The maximum atomic E-state index is 12.8. The number of carbonyl (C=O) groups excluding carboxylic acids is 2. The Morgan fingerprint density at radius 2 is 1.86 bits per heavy atom. The molecule has 1 aliphatic rings. The molecule has 0 unspecified atom stereocenters. The quantitative estimate of drug-likeness (QED) is 0.699. The summed E-state index contributed by atoms with van der Waals surface area (Å²) in [6, 6.07) is -0.111. The second kappa shape index (κ2) is 9.12. The van der Waals surface area contributed by atoms with Gasteiger partial charge in [0.2, 0.25) is 15.9 Å². The van der Waals surface area contributed by atoms with E-state index < -0.39 is 21.7 Å². The summed E-state index contributed by atoms with van der Waals surface area (Å²) in [5.74, 6) is 0.0727. The van der Waals surface area contributed by atoms with Crippen molar-refractivity contribution in [3.05, 3.63) is 11.5 Å². The number of alkyl carbamates (subject to hydrolysis) is 1. The molecule has 0 aliphatic carbocycles. The third-order valence-corrected chi connectivity index (χ3v) is 6.55. The van der Waals surface area contributed by atoms with Crippen LogP contribution in [0.15, 0.2) is 9.42 Å². The van der Waals surface area contributed by atoms with Gasteiger partial charge in [-0.25, -0.2) is 13.2 Å². The number of sulfonamides is 1. The van der Waals surface area contributed by atoms with Crippen LogP contribution >= 0.6 is 0 Å². The lowest BCUT2D eigenvalue weighted by atomic mass is 10.1. The van der Waals surface area contributed by atoms with Crippen LogP contribution in [0.1, 0.15) is 51.5 Å². The van der Waals surface area contributed by atoms with E-state index in [1.807, 2.05) is 0 Å². The summed E-state index contributed by atoms with van der Waals surface area (Å²) < 4.78 is 37.1. The molecule has 1 aromatic heterocycles. The van der Waals surface area contributed by atoms with Gasteiger partial charge in [-0.1, -0.05) is 5.16 Å². The van der Waals surface area contributed by atoms with E-state index in [-0.39, 0.29) is 35.6 Å². The number of nitrogens with zero attached hydrogens (tertiary/aromatic N) is 2. The van der Waals surface area contributed by atoms with Gasteiger partial charge in [-0.15, -0.1) is 0 Å². The second-order valence-electron chi connectivity index (χ2n) is 8.08. The minimum Gasteiger partial charge on any atom is -0.444 e. The summed E-state index contributed by atoms with van der Waals surface area (Å²) in [5, 5.41) is 9.14. The third kappa shape index (κ3) is 6.43. The lowest BCUT2D eigenvalue weighted by Crippen LogP contribution is -2.47. The number of amides is 2. The van der Waals surface area contributed by atoms with Crippen molar-refractivity contribution in [2.24, 2.45) is 0 Å². The van der Waals surface area contributed by atoms with E-state index >= 15 is 0 Å². The van der Waals surface area contributed by atoms with Crippen LogP contribution in [0, 0.1) is 13.8 Å². The van der Waals surface area contributed by atoms with Crippen LogP contribution in [0.4, 0.5) is 4.79 Å². The lowest BCUT2D eigenvalue weighted by molar-refractivity contribution is -0.121. The first-order chi connectivity index (χ1) is 13.4. The molecule has 164 valence electrons. The summed E-state index contributed by atoms with van der Waals surface area (Å²) in [6.07, 6.45) is 0.571. The van der Waals surface area contributed by atoms with Crippen LogP contribution in [-0.4, -0.2) is 61.2 Å². The Labute approximate surface area is 171 Å². The number of aromatic nitrogens is 1. The molecule has 11 heteroatoms. The molecule has 0 saturated carbocycles. The Bertz CT molecular complexity index is 816. The zero-order chi connectivity index (χ0) is 21.8.